The van der Waals surface area contributed by atoms with Crippen LogP contribution in [-0.2, 0) is 5.41 Å². The Morgan fingerprint density at radius 3 is 2.35 bits per heavy atom. The fourth-order valence-corrected chi connectivity index (χ4v) is 4.33. The van der Waals surface area contributed by atoms with Gasteiger partial charge in [0, 0.05) is 17.5 Å². The molecule has 0 atom stereocenters. The largest absolute Gasteiger partial charge is 0.351 e. The summed E-state index contributed by atoms with van der Waals surface area (Å²) in [7, 11) is 0. The van der Waals surface area contributed by atoms with Crippen LogP contribution in [-0.4, -0.2) is 22.0 Å². The molecule has 4 aromatic rings. The fourth-order valence-electron chi connectivity index (χ4n) is 4.03. The van der Waals surface area contributed by atoms with Gasteiger partial charge in [-0.15, -0.1) is 0 Å². The van der Waals surface area contributed by atoms with Crippen molar-refractivity contribution in [2.75, 3.05) is 6.54 Å². The maximum atomic E-state index is 13.0. The number of carbonyl (C=O) groups excluding carboxylic acids is 1. The first-order valence-corrected chi connectivity index (χ1v) is 10.7. The number of nitrogens with one attached hydrogen (secondary N) is 2. The monoisotopic (exact) mass is 427 g/mol. The molecule has 2 N–H and O–H groups in total. The Morgan fingerprint density at radius 2 is 1.68 bits per heavy atom. The topological polar surface area (TPSA) is 66.9 Å². The number of H-pyrrole nitrogens is 1. The van der Waals surface area contributed by atoms with Gasteiger partial charge >= 0.3 is 0 Å². The second-order valence-electron chi connectivity index (χ2n) is 8.00. The van der Waals surface area contributed by atoms with Gasteiger partial charge in [-0.25, -0.2) is 0 Å². The number of para-hydroxylation sites is 1. The second kappa shape index (κ2) is 7.63. The fraction of sp³-hybridized carbons (Fsp3) is 0.160. The Hall–Kier alpha value is -3.51. The van der Waals surface area contributed by atoms with Crippen LogP contribution in [0.5, 0.6) is 0 Å². The lowest BCUT2D eigenvalue weighted by atomic mass is 9.96. The van der Waals surface area contributed by atoms with Gasteiger partial charge in [0.15, 0.2) is 4.77 Å². The average molecular weight is 428 g/mol. The van der Waals surface area contributed by atoms with E-state index < -0.39 is 0 Å². The van der Waals surface area contributed by atoms with Crippen molar-refractivity contribution in [2.24, 2.45) is 0 Å². The molecule has 1 aromatic heterocycles. The quantitative estimate of drug-likeness (QED) is 0.461. The van der Waals surface area contributed by atoms with Crippen LogP contribution < -0.4 is 10.9 Å². The molecular weight excluding hydrogens is 406 g/mol. The van der Waals surface area contributed by atoms with Gasteiger partial charge in [-0.1, -0.05) is 48.5 Å². The number of carbonyl (C=O) groups is 1. The lowest BCUT2D eigenvalue weighted by Crippen LogP contribution is -2.32. The molecule has 5 rings (SSSR count). The van der Waals surface area contributed by atoms with Crippen molar-refractivity contribution in [3.8, 4) is 5.69 Å². The predicted octanol–water partition coefficient (Wildman–Crippen LogP) is 4.51. The number of benzene rings is 3. The van der Waals surface area contributed by atoms with Gasteiger partial charge in [0.1, 0.15) is 0 Å². The molecule has 31 heavy (non-hydrogen) atoms. The van der Waals surface area contributed by atoms with Crippen molar-refractivity contribution >= 4 is 29.0 Å². The Morgan fingerprint density at radius 1 is 1.00 bits per heavy atom. The third kappa shape index (κ3) is 3.59. The number of fused-ring (bicyclic) bond motifs is 1. The summed E-state index contributed by atoms with van der Waals surface area (Å²) >= 11 is 5.43. The molecule has 1 aliphatic carbocycles. The zero-order valence-electron chi connectivity index (χ0n) is 16.8. The van der Waals surface area contributed by atoms with Crippen LogP contribution >= 0.6 is 12.2 Å². The summed E-state index contributed by atoms with van der Waals surface area (Å²) in [6, 6.07) is 24.6. The third-order valence-corrected chi connectivity index (χ3v) is 6.29. The minimum Gasteiger partial charge on any atom is -0.351 e. The number of hydrogen-bond donors (Lipinski definition) is 2. The third-order valence-electron chi connectivity index (χ3n) is 6.00. The molecule has 0 unspecified atom stereocenters. The lowest BCUT2D eigenvalue weighted by Gasteiger charge is -2.16. The van der Waals surface area contributed by atoms with Crippen molar-refractivity contribution in [1.82, 2.24) is 14.9 Å². The van der Waals surface area contributed by atoms with Crippen LogP contribution in [0.2, 0.25) is 0 Å². The molecule has 0 bridgehead atoms. The molecule has 0 radical (unpaired) electrons. The van der Waals surface area contributed by atoms with Crippen molar-refractivity contribution in [3.05, 3.63) is 105 Å². The Labute approximate surface area is 184 Å². The van der Waals surface area contributed by atoms with E-state index >= 15 is 0 Å². The maximum Gasteiger partial charge on any atom is 0.266 e. The standard InChI is InChI=1S/C25H21N3O2S/c29-22(26-16-25(13-14-25)18-7-3-1-4-8-18)17-11-12-20-21(15-17)27-24(31)28(23(20)30)19-9-5-2-6-10-19/h1-12,15H,13-14,16H2,(H,26,29)(H,27,31). The van der Waals surface area contributed by atoms with Crippen molar-refractivity contribution in [2.45, 2.75) is 18.3 Å². The highest BCUT2D eigenvalue weighted by molar-refractivity contribution is 7.71. The first kappa shape index (κ1) is 19.5. The molecule has 1 saturated carbocycles. The normalized spacial score (nSPS) is 14.3. The van der Waals surface area contributed by atoms with Crippen molar-refractivity contribution in [1.29, 1.82) is 0 Å². The Kier molecular flexibility index (Phi) is 4.79. The van der Waals surface area contributed by atoms with Crippen LogP contribution in [0.3, 0.4) is 0 Å². The van der Waals surface area contributed by atoms with Crippen molar-refractivity contribution < 1.29 is 4.79 Å². The second-order valence-corrected chi connectivity index (χ2v) is 8.38. The highest BCUT2D eigenvalue weighted by atomic mass is 32.1. The van der Waals surface area contributed by atoms with Gasteiger partial charge in [0.2, 0.25) is 0 Å². The lowest BCUT2D eigenvalue weighted by molar-refractivity contribution is 0.0950. The zero-order valence-corrected chi connectivity index (χ0v) is 17.6. The number of aromatic nitrogens is 2. The molecule has 154 valence electrons. The molecule has 1 fully saturated rings. The summed E-state index contributed by atoms with van der Waals surface area (Å²) in [4.78, 5) is 28.9. The zero-order chi connectivity index (χ0) is 21.4. The van der Waals surface area contributed by atoms with Gasteiger partial charge < -0.3 is 10.3 Å². The molecule has 3 aromatic carbocycles. The molecule has 0 aliphatic heterocycles. The smallest absolute Gasteiger partial charge is 0.266 e. The van der Waals surface area contributed by atoms with E-state index in [0.29, 0.717) is 33.5 Å². The SMILES string of the molecule is O=C(NCC1(c2ccccc2)CC1)c1ccc2c(=O)n(-c3ccccc3)c(=S)[nH]c2c1. The Bertz CT molecular complexity index is 1390. The molecule has 0 spiro atoms. The number of rotatable bonds is 5. The minimum atomic E-state index is -0.210. The van der Waals surface area contributed by atoms with E-state index in [4.69, 9.17) is 12.2 Å². The summed E-state index contributed by atoms with van der Waals surface area (Å²) in [5, 5.41) is 3.55. The van der Waals surface area contributed by atoms with Crippen LogP contribution in [0.1, 0.15) is 28.8 Å². The van der Waals surface area contributed by atoms with Gasteiger partial charge in [-0.05, 0) is 61.0 Å². The number of aromatic amines is 1. The van der Waals surface area contributed by atoms with Gasteiger partial charge in [0.05, 0.1) is 16.6 Å². The highest BCUT2D eigenvalue weighted by Crippen LogP contribution is 2.47. The molecule has 1 amide bonds. The molecule has 5 nitrogen and oxygen atoms in total. The van der Waals surface area contributed by atoms with Crippen LogP contribution in [0.25, 0.3) is 16.6 Å². The maximum absolute atomic E-state index is 13.0. The predicted molar refractivity (Wildman–Crippen MR) is 124 cm³/mol. The molecule has 6 heteroatoms. The minimum absolute atomic E-state index is 0.0388. The van der Waals surface area contributed by atoms with Gasteiger partial charge in [-0.2, -0.15) is 0 Å². The van der Waals surface area contributed by atoms with Gasteiger partial charge in [0.25, 0.3) is 11.5 Å². The van der Waals surface area contributed by atoms with Crippen LogP contribution in [0.15, 0.2) is 83.7 Å². The van der Waals surface area contributed by atoms with E-state index in [1.54, 1.807) is 18.2 Å². The first-order valence-electron chi connectivity index (χ1n) is 10.3. The molecular formula is C25H21N3O2S. The van der Waals surface area contributed by atoms with E-state index in [2.05, 4.69) is 22.4 Å². The number of amides is 1. The van der Waals surface area contributed by atoms with E-state index in [9.17, 15) is 9.59 Å². The van der Waals surface area contributed by atoms with Crippen molar-refractivity contribution in [3.63, 3.8) is 0 Å². The van der Waals surface area contributed by atoms with Crippen LogP contribution in [0.4, 0.5) is 0 Å². The van der Waals surface area contributed by atoms with E-state index in [-0.39, 0.29) is 16.9 Å². The van der Waals surface area contributed by atoms with E-state index in [0.717, 1.165) is 12.8 Å². The number of nitrogens with zero attached hydrogens (tertiary/aromatic N) is 1. The average Bonchev–Trinajstić information content (AvgIpc) is 3.60. The highest BCUT2D eigenvalue weighted by Gasteiger charge is 2.44. The van der Waals surface area contributed by atoms with E-state index in [1.165, 1.54) is 10.1 Å². The summed E-state index contributed by atoms with van der Waals surface area (Å²) in [5.74, 6) is -0.157. The summed E-state index contributed by atoms with van der Waals surface area (Å²) in [5.41, 5.74) is 2.85. The first-order chi connectivity index (χ1) is 15.1. The molecule has 0 saturated heterocycles. The number of hydrogen-bond acceptors (Lipinski definition) is 3. The summed E-state index contributed by atoms with van der Waals surface area (Å²) in [6.45, 7) is 0.597. The van der Waals surface area contributed by atoms with Gasteiger partial charge in [-0.3, -0.25) is 14.2 Å². The Balaban J connectivity index is 1.42. The summed E-state index contributed by atoms with van der Waals surface area (Å²) in [6.07, 6.45) is 2.14. The summed E-state index contributed by atoms with van der Waals surface area (Å²) < 4.78 is 1.76. The molecule has 1 aliphatic rings. The molecule has 1 heterocycles. The van der Waals surface area contributed by atoms with Crippen LogP contribution in [0, 0.1) is 4.77 Å². The van der Waals surface area contributed by atoms with E-state index in [1.807, 2.05) is 48.5 Å².